The molecule has 0 saturated carbocycles. The molecule has 0 spiro atoms. The van der Waals surface area contributed by atoms with Gasteiger partial charge in [-0.05, 0) is 12.3 Å². The third kappa shape index (κ3) is 2830000. The van der Waals surface area contributed by atoms with E-state index in [2.05, 4.69) is 0 Å². The van der Waals surface area contributed by atoms with Crippen LogP contribution in [-0.4, -0.2) is 23.3 Å². The van der Waals surface area contributed by atoms with Crippen LogP contribution < -0.4 is 20.4 Å². The van der Waals surface area contributed by atoms with Crippen LogP contribution in [0.5, 0.6) is 0 Å². The Labute approximate surface area is 104 Å². The zero-order valence-corrected chi connectivity index (χ0v) is 8.59. The van der Waals surface area contributed by atoms with E-state index in [1.54, 1.807) is 0 Å². The van der Waals surface area contributed by atoms with Gasteiger partial charge in [0, 0.05) is 16.8 Å². The van der Waals surface area contributed by atoms with E-state index in [0.29, 0.717) is 0 Å². The van der Waals surface area contributed by atoms with E-state index in [4.69, 9.17) is 30.0 Å². The molecular formula is C2H4CoFeNiO8. The van der Waals surface area contributed by atoms with Crippen molar-refractivity contribution in [1.82, 2.24) is 0 Å². The van der Waals surface area contributed by atoms with Crippen molar-refractivity contribution >= 4 is 12.3 Å². The minimum absolute atomic E-state index is 0. The third-order valence-electron chi connectivity index (χ3n) is 0. The smallest absolute Gasteiger partial charge is 0.652 e. The summed E-state index contributed by atoms with van der Waals surface area (Å²) < 4.78 is 0. The molecule has 4 N–H and O–H groups in total. The van der Waals surface area contributed by atoms with Crippen LogP contribution in [-0.2, 0) is 50.3 Å². The fourth-order valence-corrected chi connectivity index (χ4v) is 0. The van der Waals surface area contributed by atoms with Crippen LogP contribution in [0.1, 0.15) is 0 Å². The normalized spacial score (nSPS) is 3.69. The molecule has 0 aliphatic rings. The van der Waals surface area contributed by atoms with Gasteiger partial charge >= 0.3 is 33.6 Å². The number of carbonyl (C=O) groups is 2. The summed E-state index contributed by atoms with van der Waals surface area (Å²) in [5.41, 5.74) is 0. The zero-order valence-electron chi connectivity index (χ0n) is 5.45. The minimum Gasteiger partial charge on any atom is -0.652 e. The molecule has 0 aliphatic carbocycles. The molecule has 0 aromatic rings. The predicted octanol–water partition coefficient (Wildman–Crippen LogP) is -6.55. The van der Waals surface area contributed by atoms with Gasteiger partial charge in [0.2, 0.25) is 0 Å². The Kier molecular flexibility index (Phi) is 162. The first kappa shape index (κ1) is 52.1. The van der Waals surface area contributed by atoms with Crippen LogP contribution in [0, 0.1) is 0 Å². The molecule has 0 saturated heterocycles. The van der Waals surface area contributed by atoms with Crippen LogP contribution >= 0.6 is 0 Å². The van der Waals surface area contributed by atoms with Crippen molar-refractivity contribution in [3.8, 4) is 0 Å². The first-order chi connectivity index (χ1) is 3.46. The average Bonchev–Trinajstić information content (AvgIpc) is 1.25. The summed E-state index contributed by atoms with van der Waals surface area (Å²) in [6, 6.07) is 0. The Hall–Kier alpha value is -0.0205. The zero-order chi connectivity index (χ0) is 7.15. The first-order valence-electron chi connectivity index (χ1n) is 1.22. The molecule has 8 nitrogen and oxygen atoms in total. The Morgan fingerprint density at radius 3 is 0.769 bits per heavy atom. The maximum absolute atomic E-state index is 8.33. The van der Waals surface area contributed by atoms with Crippen LogP contribution in [0.4, 0.5) is 9.59 Å². The number of hydrogen-bond acceptors (Lipinski definition) is 6. The summed E-state index contributed by atoms with van der Waals surface area (Å²) in [5, 5.41) is 33.3. The van der Waals surface area contributed by atoms with Gasteiger partial charge in [0.05, 0.1) is 0 Å². The molecule has 0 aromatic carbocycles. The number of carboxylic acid groups (broad SMARTS) is 4. The van der Waals surface area contributed by atoms with Gasteiger partial charge in [-0.2, -0.15) is 0 Å². The third-order valence-corrected chi connectivity index (χ3v) is 0. The summed E-state index contributed by atoms with van der Waals surface area (Å²) >= 11 is 0. The van der Waals surface area contributed by atoms with E-state index in [1.807, 2.05) is 0 Å². The summed E-state index contributed by atoms with van der Waals surface area (Å²) in [6.07, 6.45) is -4.67. The maximum Gasteiger partial charge on any atom is 2.00 e. The molecule has 0 bridgehead atoms. The van der Waals surface area contributed by atoms with Gasteiger partial charge in [0.25, 0.3) is 0 Å². The van der Waals surface area contributed by atoms with Crippen molar-refractivity contribution in [1.29, 1.82) is 0 Å². The second-order valence-electron chi connectivity index (χ2n) is 0.500. The molecular weight excluding hydrogens is 325 g/mol. The quantitative estimate of drug-likeness (QED) is 0.397. The molecule has 0 unspecified atom stereocenters. The second-order valence-corrected chi connectivity index (χ2v) is 0.500. The molecule has 0 heterocycles. The van der Waals surface area contributed by atoms with Gasteiger partial charge in [-0.25, -0.2) is 0 Å². The van der Waals surface area contributed by atoms with Gasteiger partial charge in [-0.3, -0.25) is 0 Å². The Balaban J connectivity index is -0.00000000800. The minimum atomic E-state index is -2.33. The largest absolute Gasteiger partial charge is 2.00 e. The molecule has 0 rings (SSSR count). The van der Waals surface area contributed by atoms with Crippen molar-refractivity contribution in [2.75, 3.05) is 0 Å². The molecule has 1 radical (unpaired) electrons. The van der Waals surface area contributed by atoms with E-state index >= 15 is 0 Å². The fraction of sp³-hybridized carbons (Fsp3) is 0. The summed E-state index contributed by atoms with van der Waals surface area (Å²) in [6.45, 7) is 0. The van der Waals surface area contributed by atoms with E-state index < -0.39 is 12.3 Å². The summed E-state index contributed by atoms with van der Waals surface area (Å²) in [4.78, 5) is 16.7. The van der Waals surface area contributed by atoms with Crippen molar-refractivity contribution in [2.24, 2.45) is 0 Å². The van der Waals surface area contributed by atoms with Crippen LogP contribution in [0.2, 0.25) is 0 Å². The van der Waals surface area contributed by atoms with Crippen molar-refractivity contribution in [3.05, 3.63) is 0 Å². The number of carbonyl (C=O) groups excluding carboxylic acids is 2. The van der Waals surface area contributed by atoms with Crippen molar-refractivity contribution in [3.63, 3.8) is 0 Å². The number of hydrogen-bond donors (Lipinski definition) is 0. The van der Waals surface area contributed by atoms with Gasteiger partial charge in [-0.15, -0.1) is 0 Å². The molecule has 13 heavy (non-hydrogen) atoms. The molecule has 0 aromatic heterocycles. The molecule has 0 atom stereocenters. The topological polar surface area (TPSA) is 189 Å². The van der Waals surface area contributed by atoms with E-state index in [0.717, 1.165) is 0 Å². The van der Waals surface area contributed by atoms with E-state index in [1.165, 1.54) is 0 Å². The van der Waals surface area contributed by atoms with Crippen LogP contribution in [0.25, 0.3) is 0 Å². The fourth-order valence-electron chi connectivity index (χ4n) is 0. The first-order valence-corrected chi connectivity index (χ1v) is 1.22. The molecule has 87 valence electrons. The van der Waals surface area contributed by atoms with Crippen LogP contribution in [0.15, 0.2) is 0 Å². The Morgan fingerprint density at radius 1 is 0.769 bits per heavy atom. The van der Waals surface area contributed by atoms with Crippen molar-refractivity contribution in [2.45, 2.75) is 0 Å². The van der Waals surface area contributed by atoms with Crippen LogP contribution in [0.3, 0.4) is 0 Å². The van der Waals surface area contributed by atoms with E-state index in [-0.39, 0.29) is 61.3 Å². The van der Waals surface area contributed by atoms with Crippen molar-refractivity contribution < 1.29 is 91.3 Å². The van der Waals surface area contributed by atoms with Gasteiger partial charge in [0.15, 0.2) is 0 Å². The standard InChI is InChI=1S/2CH2O3.Co.Fe.Ni.2H2O/c2*2-1(3)4;;;;;/h2*(H2,2,3,4);;;;2*1H2/q;;;2*+2;;/p-4. The molecule has 0 aliphatic heterocycles. The monoisotopic (exact) mass is 329 g/mol. The summed E-state index contributed by atoms with van der Waals surface area (Å²) in [5.74, 6) is 0. The molecule has 11 heteroatoms. The number of rotatable bonds is 0. The Bertz CT molecular complexity index is 80.1. The molecule has 0 amide bonds. The Morgan fingerprint density at radius 2 is 0.769 bits per heavy atom. The average molecular weight is 330 g/mol. The molecule has 0 fully saturated rings. The maximum atomic E-state index is 8.33. The predicted molar refractivity (Wildman–Crippen MR) is 18.0 cm³/mol. The van der Waals surface area contributed by atoms with Gasteiger partial charge in [0.1, 0.15) is 0 Å². The van der Waals surface area contributed by atoms with Gasteiger partial charge in [-0.1, -0.05) is 0 Å². The van der Waals surface area contributed by atoms with Gasteiger partial charge < -0.3 is 41.0 Å². The van der Waals surface area contributed by atoms with E-state index in [9.17, 15) is 0 Å². The SMILES string of the molecule is O.O.O=C([O-])[O-].O=C([O-])[O-].[Co].[Fe+2].[Ni+2]. The second kappa shape index (κ2) is 40.4. The summed E-state index contributed by atoms with van der Waals surface area (Å²) in [7, 11) is 0.